The zero-order valence-corrected chi connectivity index (χ0v) is 56.0. The van der Waals surface area contributed by atoms with Crippen molar-refractivity contribution in [1.29, 1.82) is 0 Å². The van der Waals surface area contributed by atoms with Gasteiger partial charge in [-0.05, 0) is 171 Å². The normalized spacial score (nSPS) is 9.72. The molecule has 0 saturated heterocycles. The van der Waals surface area contributed by atoms with Gasteiger partial charge in [0, 0.05) is 26.2 Å². The summed E-state index contributed by atoms with van der Waals surface area (Å²) in [4.78, 5) is 0. The number of phenols is 1. The highest BCUT2D eigenvalue weighted by molar-refractivity contribution is 7.92. The van der Waals surface area contributed by atoms with Crippen LogP contribution >= 0.6 is 17.9 Å². The number of alkyl halides is 1. The predicted octanol–water partition coefficient (Wildman–Crippen LogP) is 15.8. The third-order valence-electron chi connectivity index (χ3n) is 13.8. The Balaban J connectivity index is 0.000000273. The number of hydrogen-bond acceptors (Lipinski definition) is 9. The maximum absolute atomic E-state index is 12.2. The van der Waals surface area contributed by atoms with Gasteiger partial charge in [-0.15, -0.1) is 17.9 Å². The molecule has 93 heavy (non-hydrogen) atoms. The highest BCUT2D eigenvalue weighted by atomic mass is 32.0. The lowest BCUT2D eigenvalue weighted by Crippen LogP contribution is -2.02. The molecule has 0 fully saturated rings. The van der Waals surface area contributed by atoms with Crippen molar-refractivity contribution < 1.29 is 13.9 Å². The topological polar surface area (TPSA) is 228 Å². The molecule has 2 unspecified atom stereocenters. The second-order valence-electron chi connectivity index (χ2n) is 20.7. The Morgan fingerprint density at radius 3 is 1.06 bits per heavy atom. The molecule has 0 heterocycles. The van der Waals surface area contributed by atoms with Gasteiger partial charge in [-0.3, -0.25) is 0 Å². The summed E-state index contributed by atoms with van der Waals surface area (Å²) in [6.07, 6.45) is 5.02. The molecule has 488 valence electrons. The summed E-state index contributed by atoms with van der Waals surface area (Å²) in [5, 5.41) is 16.6. The summed E-state index contributed by atoms with van der Waals surface area (Å²) in [6, 6.07) is 96.9. The van der Waals surface area contributed by atoms with Crippen LogP contribution in [-0.4, -0.2) is 31.3 Å². The van der Waals surface area contributed by atoms with Crippen molar-refractivity contribution in [3.8, 4) is 5.75 Å². The summed E-state index contributed by atoms with van der Waals surface area (Å²) in [5.41, 5.74) is 53.9. The molecular weight excluding hydrogens is 1190 g/mol. The van der Waals surface area contributed by atoms with Gasteiger partial charge in [0.1, 0.15) is 18.2 Å². The lowest BCUT2D eigenvalue weighted by Gasteiger charge is -2.03. The van der Waals surface area contributed by atoms with Gasteiger partial charge in [0.15, 0.2) is 0 Å². The predicted molar refractivity (Wildman–Crippen MR) is 404 cm³/mol. The molecule has 0 aliphatic carbocycles. The fourth-order valence-corrected chi connectivity index (χ4v) is 8.90. The molecular formula is C80H98F2N8OP2. The fraction of sp³-hybridized carbons (Fsp3) is 0.175. The Kier molecular flexibility index (Phi) is 43.4. The molecule has 0 aromatic heterocycles. The average molecular weight is 1290 g/mol. The molecule has 0 spiro atoms. The third kappa shape index (κ3) is 33.7. The van der Waals surface area contributed by atoms with E-state index in [0.29, 0.717) is 45.0 Å². The molecule has 0 aliphatic rings. The van der Waals surface area contributed by atoms with Crippen LogP contribution in [0.25, 0.3) is 32.3 Å². The minimum atomic E-state index is -0.360. The highest BCUT2D eigenvalue weighted by Crippen LogP contribution is 2.20. The maximum atomic E-state index is 12.2. The van der Waals surface area contributed by atoms with Crippen LogP contribution in [0.1, 0.15) is 56.5 Å². The van der Waals surface area contributed by atoms with Gasteiger partial charge in [0.2, 0.25) is 0 Å². The first-order valence-corrected chi connectivity index (χ1v) is 33.9. The Hall–Kier alpha value is -8.38. The molecule has 17 N–H and O–H groups in total. The number of hydrogen-bond donors (Lipinski definition) is 9. The number of rotatable bonds is 14. The lowest BCUT2D eigenvalue weighted by molar-refractivity contribution is 0.475. The summed E-state index contributed by atoms with van der Waals surface area (Å²) < 4.78 is 23.9. The van der Waals surface area contributed by atoms with E-state index in [-0.39, 0.29) is 12.5 Å². The lowest BCUT2D eigenvalue weighted by atomic mass is 10.0. The Morgan fingerprint density at radius 1 is 0.280 bits per heavy atom. The summed E-state index contributed by atoms with van der Waals surface area (Å²) in [5.74, 6) is 0.0907. The Labute approximate surface area is 556 Å². The quantitative estimate of drug-likeness (QED) is 0.0471. The van der Waals surface area contributed by atoms with Crippen molar-refractivity contribution in [1.82, 2.24) is 0 Å². The SMILES string of the molecule is FCc1ccccc1.NCCCc1ccccc1.NCCc1ccc(O)cc1.NCCc1cccc2ccccc12.NCCc1ccccc1.NCc1ccc(F)cc1.NCc1ccc2ccccc2c1.NCc1cccc2ccccc12.NCc1ccccc1.PP. The number of benzene rings is 12. The maximum Gasteiger partial charge on any atom is 0.123 e. The Bertz CT molecular complexity index is 3690. The van der Waals surface area contributed by atoms with Crippen LogP contribution in [0, 0.1) is 5.82 Å². The van der Waals surface area contributed by atoms with Gasteiger partial charge in [0.25, 0.3) is 0 Å². The number of aromatic hydroxyl groups is 1. The number of phenolic OH excluding ortho intramolecular Hbond substituents is 1. The van der Waals surface area contributed by atoms with Gasteiger partial charge in [-0.1, -0.05) is 267 Å². The van der Waals surface area contributed by atoms with Crippen molar-refractivity contribution >= 4 is 50.2 Å². The zero-order chi connectivity index (χ0) is 67.4. The molecule has 0 aliphatic heterocycles. The fourth-order valence-electron chi connectivity index (χ4n) is 8.90. The molecule has 12 aromatic carbocycles. The van der Waals surface area contributed by atoms with Gasteiger partial charge in [-0.2, -0.15) is 0 Å². The zero-order valence-electron chi connectivity index (χ0n) is 53.7. The van der Waals surface area contributed by atoms with E-state index in [2.05, 4.69) is 151 Å². The van der Waals surface area contributed by atoms with E-state index in [4.69, 9.17) is 51.0 Å². The summed E-state index contributed by atoms with van der Waals surface area (Å²) >= 11 is 0. The first-order valence-electron chi connectivity index (χ1n) is 31.2. The molecule has 13 heteroatoms. The number of fused-ring (bicyclic) bond motifs is 3. The molecule has 0 radical (unpaired) electrons. The molecule has 9 nitrogen and oxygen atoms in total. The van der Waals surface area contributed by atoms with Crippen LogP contribution < -0.4 is 45.9 Å². The average Bonchev–Trinajstić information content (AvgIpc) is 1.08. The van der Waals surface area contributed by atoms with E-state index < -0.39 is 0 Å². The minimum Gasteiger partial charge on any atom is -0.508 e. The van der Waals surface area contributed by atoms with E-state index in [1.165, 1.54) is 83.4 Å². The molecule has 0 saturated carbocycles. The second kappa shape index (κ2) is 51.2. The van der Waals surface area contributed by atoms with E-state index in [9.17, 15) is 8.78 Å². The van der Waals surface area contributed by atoms with Gasteiger partial charge in [-0.25, -0.2) is 8.78 Å². The van der Waals surface area contributed by atoms with Crippen molar-refractivity contribution in [2.24, 2.45) is 45.9 Å². The molecule has 0 amide bonds. The van der Waals surface area contributed by atoms with Crippen LogP contribution in [0.3, 0.4) is 0 Å². The van der Waals surface area contributed by atoms with E-state index in [1.54, 1.807) is 36.4 Å². The van der Waals surface area contributed by atoms with Crippen LogP contribution in [0.5, 0.6) is 5.75 Å². The molecule has 2 atom stereocenters. The first kappa shape index (κ1) is 78.9. The second-order valence-corrected chi connectivity index (χ2v) is 20.7. The van der Waals surface area contributed by atoms with E-state index in [0.717, 1.165) is 56.3 Å². The van der Waals surface area contributed by atoms with E-state index >= 15 is 0 Å². The van der Waals surface area contributed by atoms with Crippen LogP contribution in [-0.2, 0) is 58.5 Å². The Morgan fingerprint density at radius 2 is 0.634 bits per heavy atom. The number of aryl methyl sites for hydroxylation is 1. The standard InChI is InChI=1S/C12H13N.2C11H11N.C9H13N.C8H11NO.C8H11N.C7H8FN.C7H7F.C7H9N.H4P2/c13-9-8-11-6-3-5-10-4-1-2-7-12(10)11;12-8-10-6-3-5-9-4-1-2-7-11(9)10;12-8-9-5-6-10-3-1-2-4-11(10)7-9;10-8-4-7-9-5-2-1-3-6-9;9-6-5-7-1-3-8(10)4-2-7;9-7-6-8-4-2-1-3-5-8;8-7-3-1-6(5-9)2-4-7;2*8-6-7-4-2-1-3-5-7;1-2/h1-7H,8-9,13H2;2*1-7H,8,12H2;1-3,5-6H,4,7-8,10H2;1-4,10H,5-6,9H2;1-5H,6-7,9H2;1-4H,5,9H2;1-5H,6H2;1-5H,6,8H2;1-2H2. The summed E-state index contributed by atoms with van der Waals surface area (Å²) in [6.45, 7) is 4.88. The monoisotopic (exact) mass is 1290 g/mol. The molecule has 12 aromatic rings. The van der Waals surface area contributed by atoms with Crippen LogP contribution in [0.2, 0.25) is 0 Å². The van der Waals surface area contributed by atoms with E-state index in [1.807, 2.05) is 115 Å². The molecule has 12 rings (SSSR count). The smallest absolute Gasteiger partial charge is 0.123 e. The largest absolute Gasteiger partial charge is 0.508 e. The van der Waals surface area contributed by atoms with Crippen molar-refractivity contribution in [3.63, 3.8) is 0 Å². The number of nitrogens with two attached hydrogens (primary N) is 8. The number of halogens is 2. The minimum absolute atomic E-state index is 0.216. The first-order chi connectivity index (χ1) is 45.6. The van der Waals surface area contributed by atoms with Gasteiger partial charge in [0.05, 0.1) is 0 Å². The van der Waals surface area contributed by atoms with Gasteiger partial charge >= 0.3 is 0 Å². The van der Waals surface area contributed by atoms with Crippen LogP contribution in [0.15, 0.2) is 297 Å². The van der Waals surface area contributed by atoms with Crippen LogP contribution in [0.4, 0.5) is 8.78 Å². The van der Waals surface area contributed by atoms with Crippen molar-refractivity contribution in [2.75, 3.05) is 26.2 Å². The third-order valence-corrected chi connectivity index (χ3v) is 13.8. The van der Waals surface area contributed by atoms with Crippen molar-refractivity contribution in [2.45, 2.75) is 65.0 Å². The van der Waals surface area contributed by atoms with Crippen molar-refractivity contribution in [3.05, 3.63) is 353 Å². The highest BCUT2D eigenvalue weighted by Gasteiger charge is 1.99. The molecule has 0 bridgehead atoms. The van der Waals surface area contributed by atoms with Gasteiger partial charge < -0.3 is 51.0 Å². The summed E-state index contributed by atoms with van der Waals surface area (Å²) in [7, 11) is 4.67.